The molecule has 1 aliphatic heterocycles. The van der Waals surface area contributed by atoms with E-state index in [9.17, 15) is 21.6 Å². The van der Waals surface area contributed by atoms with Crippen LogP contribution < -0.4 is 9.62 Å². The molecule has 5 nitrogen and oxygen atoms in total. The summed E-state index contributed by atoms with van der Waals surface area (Å²) in [5.41, 5.74) is -0.594. The Morgan fingerprint density at radius 2 is 1.78 bits per heavy atom. The number of benzene rings is 1. The molecular weight excluding hydrogens is 423 g/mol. The smallest absolute Gasteiger partial charge is 0.367 e. The lowest BCUT2D eigenvalue weighted by atomic mass is 10.1. The standard InChI is InChI=1S/C16H17ClF3N3O2S2/c1-22-6-8-23(9-7-22)13-3-2-11(16(18,19)20)10-12(13)21-27(24,25)15-5-4-14(17)26-15/h2-5,10,21H,6-9H2,1H3. The van der Waals surface area contributed by atoms with Crippen molar-refractivity contribution in [1.82, 2.24) is 4.90 Å². The first-order valence-corrected chi connectivity index (χ1v) is 10.7. The fraction of sp³-hybridized carbons (Fsp3) is 0.375. The SMILES string of the molecule is CN1CCN(c2ccc(C(F)(F)F)cc2NS(=O)(=O)c2ccc(Cl)s2)CC1. The first-order chi connectivity index (χ1) is 12.6. The van der Waals surface area contributed by atoms with Crippen molar-refractivity contribution >= 4 is 44.3 Å². The average molecular weight is 440 g/mol. The molecule has 0 bridgehead atoms. The number of rotatable bonds is 4. The summed E-state index contributed by atoms with van der Waals surface area (Å²) in [5, 5.41) is 0. The van der Waals surface area contributed by atoms with Gasteiger partial charge in [0.25, 0.3) is 10.0 Å². The van der Waals surface area contributed by atoms with Gasteiger partial charge in [-0.1, -0.05) is 11.6 Å². The molecule has 0 saturated carbocycles. The quantitative estimate of drug-likeness (QED) is 0.783. The van der Waals surface area contributed by atoms with E-state index in [-0.39, 0.29) is 14.2 Å². The Labute approximate surface area is 164 Å². The van der Waals surface area contributed by atoms with Gasteiger partial charge in [0, 0.05) is 26.2 Å². The minimum Gasteiger partial charge on any atom is -0.367 e. The minimum absolute atomic E-state index is 0.0609. The van der Waals surface area contributed by atoms with Crippen LogP contribution in [0.5, 0.6) is 0 Å². The molecule has 2 aromatic rings. The largest absolute Gasteiger partial charge is 0.416 e. The van der Waals surface area contributed by atoms with Crippen LogP contribution in [0.3, 0.4) is 0 Å². The Bertz CT molecular complexity index is 923. The van der Waals surface area contributed by atoms with Crippen molar-refractivity contribution in [2.24, 2.45) is 0 Å². The lowest BCUT2D eigenvalue weighted by Gasteiger charge is -2.35. The summed E-state index contributed by atoms with van der Waals surface area (Å²) in [6.45, 7) is 2.63. The molecule has 0 unspecified atom stereocenters. The zero-order valence-electron chi connectivity index (χ0n) is 14.3. The van der Waals surface area contributed by atoms with Crippen molar-refractivity contribution in [3.8, 4) is 0 Å². The monoisotopic (exact) mass is 439 g/mol. The van der Waals surface area contributed by atoms with E-state index in [2.05, 4.69) is 9.62 Å². The summed E-state index contributed by atoms with van der Waals surface area (Å²) < 4.78 is 67.1. The van der Waals surface area contributed by atoms with Gasteiger partial charge in [-0.3, -0.25) is 4.72 Å². The second-order valence-corrected chi connectivity index (χ2v) is 9.81. The van der Waals surface area contributed by atoms with E-state index in [0.29, 0.717) is 18.8 Å². The molecule has 3 rings (SSSR count). The van der Waals surface area contributed by atoms with Crippen LogP contribution in [0.1, 0.15) is 5.56 Å². The number of piperazine rings is 1. The first kappa shape index (κ1) is 20.2. The Kier molecular flexibility index (Phi) is 5.62. The van der Waals surface area contributed by atoms with Gasteiger partial charge in [-0.2, -0.15) is 13.2 Å². The molecule has 148 valence electrons. The van der Waals surface area contributed by atoms with Crippen LogP contribution in [-0.2, 0) is 16.2 Å². The van der Waals surface area contributed by atoms with Crippen molar-refractivity contribution in [3.05, 3.63) is 40.2 Å². The molecule has 1 aromatic carbocycles. The van der Waals surface area contributed by atoms with E-state index in [4.69, 9.17) is 11.6 Å². The maximum atomic E-state index is 13.1. The van der Waals surface area contributed by atoms with E-state index in [0.717, 1.165) is 36.6 Å². The number of hydrogen-bond donors (Lipinski definition) is 1. The van der Waals surface area contributed by atoms with E-state index in [1.807, 2.05) is 11.9 Å². The molecule has 0 atom stereocenters. The van der Waals surface area contributed by atoms with Crippen LogP contribution in [0, 0.1) is 0 Å². The molecule has 1 aliphatic rings. The normalized spacial score (nSPS) is 16.6. The Balaban J connectivity index is 1.99. The Morgan fingerprint density at radius 3 is 2.33 bits per heavy atom. The fourth-order valence-electron chi connectivity index (χ4n) is 2.75. The Hall–Kier alpha value is -1.49. The van der Waals surface area contributed by atoms with Crippen LogP contribution >= 0.6 is 22.9 Å². The predicted octanol–water partition coefficient (Wildman–Crippen LogP) is 3.97. The first-order valence-electron chi connectivity index (χ1n) is 7.99. The highest BCUT2D eigenvalue weighted by atomic mass is 35.5. The van der Waals surface area contributed by atoms with Gasteiger partial charge in [-0.15, -0.1) is 11.3 Å². The molecule has 27 heavy (non-hydrogen) atoms. The zero-order valence-corrected chi connectivity index (χ0v) is 16.6. The van der Waals surface area contributed by atoms with E-state index >= 15 is 0 Å². The van der Waals surface area contributed by atoms with Crippen molar-refractivity contribution in [3.63, 3.8) is 0 Å². The summed E-state index contributed by atoms with van der Waals surface area (Å²) in [5.74, 6) is 0. The van der Waals surface area contributed by atoms with Gasteiger partial charge in [0.05, 0.1) is 21.3 Å². The summed E-state index contributed by atoms with van der Waals surface area (Å²) in [6, 6.07) is 5.86. The third kappa shape index (κ3) is 4.68. The van der Waals surface area contributed by atoms with Gasteiger partial charge in [-0.25, -0.2) is 8.42 Å². The van der Waals surface area contributed by atoms with Gasteiger partial charge < -0.3 is 9.80 Å². The van der Waals surface area contributed by atoms with Crippen LogP contribution in [0.25, 0.3) is 0 Å². The predicted molar refractivity (Wildman–Crippen MR) is 101 cm³/mol. The van der Waals surface area contributed by atoms with Gasteiger partial charge >= 0.3 is 6.18 Å². The fourth-order valence-corrected chi connectivity index (χ4v) is 5.30. The number of sulfonamides is 1. The van der Waals surface area contributed by atoms with Gasteiger partial charge in [0.15, 0.2) is 0 Å². The number of halogens is 4. The summed E-state index contributed by atoms with van der Waals surface area (Å²) in [6.07, 6.45) is -4.58. The third-order valence-corrected chi connectivity index (χ3v) is 7.31. The molecule has 0 spiro atoms. The maximum Gasteiger partial charge on any atom is 0.416 e. The molecule has 11 heteroatoms. The third-order valence-electron chi connectivity index (χ3n) is 4.23. The number of hydrogen-bond acceptors (Lipinski definition) is 5. The number of alkyl halides is 3. The number of anilines is 2. The second-order valence-electron chi connectivity index (χ2n) is 6.18. The minimum atomic E-state index is -4.58. The zero-order chi connectivity index (χ0) is 19.8. The van der Waals surface area contributed by atoms with Crippen LogP contribution in [0.2, 0.25) is 4.34 Å². The van der Waals surface area contributed by atoms with Gasteiger partial charge in [0.2, 0.25) is 0 Å². The Morgan fingerprint density at radius 1 is 1.11 bits per heavy atom. The molecule has 1 aromatic heterocycles. The topological polar surface area (TPSA) is 52.6 Å². The van der Waals surface area contributed by atoms with Crippen molar-refractivity contribution in [1.29, 1.82) is 0 Å². The van der Waals surface area contributed by atoms with Crippen molar-refractivity contribution in [2.75, 3.05) is 42.8 Å². The molecular formula is C16H17ClF3N3O2S2. The molecule has 1 fully saturated rings. The lowest BCUT2D eigenvalue weighted by molar-refractivity contribution is -0.137. The van der Waals surface area contributed by atoms with Gasteiger partial charge in [0.1, 0.15) is 4.21 Å². The number of nitrogens with zero attached hydrogens (tertiary/aromatic N) is 2. The summed E-state index contributed by atoms with van der Waals surface area (Å²) in [4.78, 5) is 3.97. The number of nitrogens with one attached hydrogen (secondary N) is 1. The van der Waals surface area contributed by atoms with E-state index in [1.54, 1.807) is 0 Å². The highest BCUT2D eigenvalue weighted by Gasteiger charge is 2.32. The van der Waals surface area contributed by atoms with E-state index < -0.39 is 21.8 Å². The van der Waals surface area contributed by atoms with Crippen molar-refractivity contribution < 1.29 is 21.6 Å². The molecule has 1 N–H and O–H groups in total. The second kappa shape index (κ2) is 7.50. The van der Waals surface area contributed by atoms with Crippen LogP contribution in [0.15, 0.2) is 34.5 Å². The average Bonchev–Trinajstić information content (AvgIpc) is 3.02. The van der Waals surface area contributed by atoms with E-state index in [1.165, 1.54) is 18.2 Å². The summed E-state index contributed by atoms with van der Waals surface area (Å²) in [7, 11) is -2.09. The summed E-state index contributed by atoms with van der Waals surface area (Å²) >= 11 is 6.62. The molecule has 2 heterocycles. The maximum absolute atomic E-state index is 13.1. The molecule has 0 amide bonds. The highest BCUT2D eigenvalue weighted by Crippen LogP contribution is 2.37. The molecule has 1 saturated heterocycles. The van der Waals surface area contributed by atoms with Crippen LogP contribution in [0.4, 0.5) is 24.5 Å². The number of likely N-dealkylation sites (N-methyl/N-ethyl adjacent to an activating group) is 1. The van der Waals surface area contributed by atoms with Crippen molar-refractivity contribution in [2.45, 2.75) is 10.4 Å². The highest BCUT2D eigenvalue weighted by molar-refractivity contribution is 7.94. The number of thiophene rings is 1. The lowest BCUT2D eigenvalue weighted by Crippen LogP contribution is -2.44. The van der Waals surface area contributed by atoms with Gasteiger partial charge in [-0.05, 0) is 37.4 Å². The molecule has 0 aliphatic carbocycles. The molecule has 0 radical (unpaired) electrons. The van der Waals surface area contributed by atoms with Crippen LogP contribution in [-0.4, -0.2) is 46.5 Å².